The molecule has 0 aromatic heterocycles. The molecule has 0 aliphatic carbocycles. The first kappa shape index (κ1) is 13.2. The van der Waals surface area contributed by atoms with E-state index >= 15 is 0 Å². The smallest absolute Gasteiger partial charge is 0.172 e. The summed E-state index contributed by atoms with van der Waals surface area (Å²) in [4.78, 5) is 2.19. The summed E-state index contributed by atoms with van der Waals surface area (Å²) in [6.45, 7) is 1.73. The summed E-state index contributed by atoms with van der Waals surface area (Å²) < 4.78 is 6.25. The van der Waals surface area contributed by atoms with Gasteiger partial charge in [-0.3, -0.25) is 0 Å². The Morgan fingerprint density at radius 3 is 3.00 bits per heavy atom. The predicted octanol–water partition coefficient (Wildman–Crippen LogP) is 1.77. The number of methoxy groups -OCH3 is 1. The highest BCUT2D eigenvalue weighted by molar-refractivity contribution is 9.10. The third-order valence-electron chi connectivity index (χ3n) is 3.16. The standard InChI is InChI=1S/C12H16BrN3O2/c1-18-9-4-5-16(7-9)11-3-2-8(13)6-10(11)12(14)15-17/h2-3,6,9,17H,4-5,7H2,1H3,(H2,14,15). The SMILES string of the molecule is COC1CCN(c2ccc(Br)cc2/C(N)=N/O)C1. The highest BCUT2D eigenvalue weighted by atomic mass is 79.9. The van der Waals surface area contributed by atoms with Crippen LogP contribution in [-0.4, -0.2) is 37.3 Å². The van der Waals surface area contributed by atoms with Gasteiger partial charge >= 0.3 is 0 Å². The molecule has 0 bridgehead atoms. The summed E-state index contributed by atoms with van der Waals surface area (Å²) in [5, 5.41) is 11.9. The first-order chi connectivity index (χ1) is 8.65. The summed E-state index contributed by atoms with van der Waals surface area (Å²) in [5.74, 6) is 0.118. The predicted molar refractivity (Wildman–Crippen MR) is 74.3 cm³/mol. The van der Waals surface area contributed by atoms with E-state index in [9.17, 15) is 0 Å². The zero-order chi connectivity index (χ0) is 13.1. The molecule has 1 heterocycles. The number of hydrogen-bond donors (Lipinski definition) is 2. The quantitative estimate of drug-likeness (QED) is 0.386. The molecule has 1 aromatic carbocycles. The molecule has 5 nitrogen and oxygen atoms in total. The van der Waals surface area contributed by atoms with Crippen LogP contribution in [0.25, 0.3) is 0 Å². The van der Waals surface area contributed by atoms with E-state index in [1.807, 2.05) is 18.2 Å². The van der Waals surface area contributed by atoms with Gasteiger partial charge < -0.3 is 20.6 Å². The Kier molecular flexibility index (Phi) is 4.08. The van der Waals surface area contributed by atoms with E-state index in [1.54, 1.807) is 7.11 Å². The Morgan fingerprint density at radius 1 is 1.61 bits per heavy atom. The normalized spacial score (nSPS) is 20.4. The van der Waals surface area contributed by atoms with Crippen LogP contribution in [0.5, 0.6) is 0 Å². The maximum atomic E-state index is 8.85. The molecule has 98 valence electrons. The molecule has 0 radical (unpaired) electrons. The maximum Gasteiger partial charge on any atom is 0.172 e. The van der Waals surface area contributed by atoms with Gasteiger partial charge in [-0.2, -0.15) is 0 Å². The largest absolute Gasteiger partial charge is 0.409 e. The molecule has 2 rings (SSSR count). The van der Waals surface area contributed by atoms with Crippen LogP contribution in [0.4, 0.5) is 5.69 Å². The maximum absolute atomic E-state index is 8.85. The van der Waals surface area contributed by atoms with Crippen LogP contribution >= 0.6 is 15.9 Å². The van der Waals surface area contributed by atoms with Gasteiger partial charge in [0.2, 0.25) is 0 Å². The van der Waals surface area contributed by atoms with E-state index in [0.717, 1.165) is 35.2 Å². The van der Waals surface area contributed by atoms with E-state index in [0.29, 0.717) is 0 Å². The van der Waals surface area contributed by atoms with Gasteiger partial charge in [-0.25, -0.2) is 0 Å². The summed E-state index contributed by atoms with van der Waals surface area (Å²) >= 11 is 3.39. The van der Waals surface area contributed by atoms with Crippen LogP contribution < -0.4 is 10.6 Å². The van der Waals surface area contributed by atoms with Gasteiger partial charge in [0, 0.05) is 35.9 Å². The van der Waals surface area contributed by atoms with Gasteiger partial charge in [0.15, 0.2) is 5.84 Å². The van der Waals surface area contributed by atoms with Gasteiger partial charge in [0.1, 0.15) is 0 Å². The fourth-order valence-corrected chi connectivity index (χ4v) is 2.54. The first-order valence-corrected chi connectivity index (χ1v) is 6.50. The number of amidine groups is 1. The molecule has 1 saturated heterocycles. The number of oxime groups is 1. The van der Waals surface area contributed by atoms with Crippen molar-refractivity contribution in [1.29, 1.82) is 0 Å². The van der Waals surface area contributed by atoms with E-state index in [4.69, 9.17) is 15.7 Å². The molecule has 1 fully saturated rings. The third kappa shape index (κ3) is 2.59. The van der Waals surface area contributed by atoms with Crippen molar-refractivity contribution in [1.82, 2.24) is 0 Å². The van der Waals surface area contributed by atoms with Crippen molar-refractivity contribution in [3.8, 4) is 0 Å². The van der Waals surface area contributed by atoms with Crippen LogP contribution in [0.15, 0.2) is 27.8 Å². The first-order valence-electron chi connectivity index (χ1n) is 5.71. The Labute approximate surface area is 114 Å². The third-order valence-corrected chi connectivity index (χ3v) is 3.65. The lowest BCUT2D eigenvalue weighted by atomic mass is 10.1. The van der Waals surface area contributed by atoms with Crippen LogP contribution in [0.3, 0.4) is 0 Å². The molecule has 1 unspecified atom stereocenters. The van der Waals surface area contributed by atoms with Gasteiger partial charge in [-0.05, 0) is 24.6 Å². The van der Waals surface area contributed by atoms with Crippen molar-refractivity contribution < 1.29 is 9.94 Å². The zero-order valence-electron chi connectivity index (χ0n) is 10.1. The number of halogens is 1. The Balaban J connectivity index is 2.33. The molecule has 0 spiro atoms. The van der Waals surface area contributed by atoms with Gasteiger partial charge in [-0.15, -0.1) is 0 Å². The van der Waals surface area contributed by atoms with Crippen molar-refractivity contribution in [2.75, 3.05) is 25.1 Å². The molecule has 1 aliphatic heterocycles. The average Bonchev–Trinajstić information content (AvgIpc) is 2.86. The molecule has 3 N–H and O–H groups in total. The van der Waals surface area contributed by atoms with Crippen LogP contribution in [0.2, 0.25) is 0 Å². The van der Waals surface area contributed by atoms with Crippen LogP contribution in [0.1, 0.15) is 12.0 Å². The summed E-state index contributed by atoms with van der Waals surface area (Å²) in [6, 6.07) is 5.77. The molecule has 1 atom stereocenters. The second kappa shape index (κ2) is 5.58. The highest BCUT2D eigenvalue weighted by Gasteiger charge is 2.24. The lowest BCUT2D eigenvalue weighted by Gasteiger charge is -2.21. The summed E-state index contributed by atoms with van der Waals surface area (Å²) in [7, 11) is 1.72. The fourth-order valence-electron chi connectivity index (χ4n) is 2.18. The Bertz CT molecular complexity index is 465. The number of nitrogens with two attached hydrogens (primary N) is 1. The molecular weight excluding hydrogens is 298 g/mol. The van der Waals surface area contributed by atoms with E-state index in [1.165, 1.54) is 0 Å². The molecule has 18 heavy (non-hydrogen) atoms. The van der Waals surface area contributed by atoms with Crippen molar-refractivity contribution in [2.45, 2.75) is 12.5 Å². The molecule has 0 amide bonds. The number of nitrogens with zero attached hydrogens (tertiary/aromatic N) is 2. The van der Waals surface area contributed by atoms with Crippen LogP contribution in [-0.2, 0) is 4.74 Å². The van der Waals surface area contributed by atoms with Crippen molar-refractivity contribution in [2.24, 2.45) is 10.9 Å². The van der Waals surface area contributed by atoms with E-state index < -0.39 is 0 Å². The number of benzene rings is 1. The molecule has 0 saturated carbocycles. The lowest BCUT2D eigenvalue weighted by Crippen LogP contribution is -2.26. The van der Waals surface area contributed by atoms with Crippen molar-refractivity contribution in [3.05, 3.63) is 28.2 Å². The monoisotopic (exact) mass is 313 g/mol. The number of ether oxygens (including phenoxy) is 1. The average molecular weight is 314 g/mol. The highest BCUT2D eigenvalue weighted by Crippen LogP contribution is 2.28. The topological polar surface area (TPSA) is 71.1 Å². The van der Waals surface area contributed by atoms with Gasteiger partial charge in [0.25, 0.3) is 0 Å². The Hall–Kier alpha value is -1.27. The Morgan fingerprint density at radius 2 is 2.39 bits per heavy atom. The minimum absolute atomic E-state index is 0.118. The zero-order valence-corrected chi connectivity index (χ0v) is 11.7. The minimum atomic E-state index is 0.118. The minimum Gasteiger partial charge on any atom is -0.409 e. The molecule has 1 aliphatic rings. The summed E-state index contributed by atoms with van der Waals surface area (Å²) in [5.41, 5.74) is 7.41. The van der Waals surface area contributed by atoms with Crippen molar-refractivity contribution >= 4 is 27.5 Å². The molecular formula is C12H16BrN3O2. The lowest BCUT2D eigenvalue weighted by molar-refractivity contribution is 0.121. The van der Waals surface area contributed by atoms with Gasteiger partial charge in [-0.1, -0.05) is 21.1 Å². The van der Waals surface area contributed by atoms with E-state index in [-0.39, 0.29) is 11.9 Å². The number of hydrogen-bond acceptors (Lipinski definition) is 4. The van der Waals surface area contributed by atoms with Crippen molar-refractivity contribution in [3.63, 3.8) is 0 Å². The number of anilines is 1. The summed E-state index contributed by atoms with van der Waals surface area (Å²) in [6.07, 6.45) is 1.23. The van der Waals surface area contributed by atoms with Crippen LogP contribution in [0, 0.1) is 0 Å². The second-order valence-electron chi connectivity index (χ2n) is 4.24. The fraction of sp³-hybridized carbons (Fsp3) is 0.417. The number of rotatable bonds is 3. The molecule has 6 heteroatoms. The van der Waals surface area contributed by atoms with E-state index in [2.05, 4.69) is 26.0 Å². The second-order valence-corrected chi connectivity index (χ2v) is 5.15. The molecule has 1 aromatic rings. The van der Waals surface area contributed by atoms with Gasteiger partial charge in [0.05, 0.1) is 6.10 Å².